The summed E-state index contributed by atoms with van der Waals surface area (Å²) in [7, 11) is 0. The van der Waals surface area contributed by atoms with Crippen LogP contribution in [-0.4, -0.2) is 45.2 Å². The summed E-state index contributed by atoms with van der Waals surface area (Å²) < 4.78 is 10.4. The number of rotatable bonds is 7. The molecule has 0 saturated carbocycles. The van der Waals surface area contributed by atoms with Crippen molar-refractivity contribution in [2.45, 2.75) is 31.8 Å². The molecule has 0 spiro atoms. The Kier molecular flexibility index (Phi) is 6.49. The summed E-state index contributed by atoms with van der Waals surface area (Å²) in [6, 6.07) is 9.74. The van der Waals surface area contributed by atoms with Crippen molar-refractivity contribution in [2.24, 2.45) is 0 Å². The average Bonchev–Trinajstić information content (AvgIpc) is 3.06. The molecule has 1 heterocycles. The molecule has 0 fully saturated rings. The molecule has 26 heavy (non-hydrogen) atoms. The van der Waals surface area contributed by atoms with Gasteiger partial charge in [-0.1, -0.05) is 12.1 Å². The van der Waals surface area contributed by atoms with Gasteiger partial charge in [-0.05, 0) is 30.7 Å². The van der Waals surface area contributed by atoms with Crippen LogP contribution in [0.25, 0.3) is 0 Å². The molecule has 2 rings (SSSR count). The third kappa shape index (κ3) is 4.47. The number of nitriles is 1. The maximum Gasteiger partial charge on any atom is 0.342 e. The minimum atomic E-state index is -1.67. The molecule has 0 radical (unpaired) electrons. The average molecular weight is 361 g/mol. The van der Waals surface area contributed by atoms with Crippen molar-refractivity contribution < 1.29 is 34.4 Å². The van der Waals surface area contributed by atoms with Crippen LogP contribution in [-0.2, 0) is 11.3 Å². The zero-order valence-electron chi connectivity index (χ0n) is 14.0. The molecule has 0 aliphatic heterocycles. The van der Waals surface area contributed by atoms with Gasteiger partial charge in [-0.3, -0.25) is 0 Å². The fourth-order valence-electron chi connectivity index (χ4n) is 2.24. The minimum absolute atomic E-state index is 0.0150. The van der Waals surface area contributed by atoms with Gasteiger partial charge in [0.2, 0.25) is 0 Å². The summed E-state index contributed by atoms with van der Waals surface area (Å²) in [5.74, 6) is -0.645. The lowest BCUT2D eigenvalue weighted by Crippen LogP contribution is -2.34. The lowest BCUT2D eigenvalue weighted by molar-refractivity contribution is -0.0837. The van der Waals surface area contributed by atoms with Gasteiger partial charge in [0.05, 0.1) is 18.2 Å². The number of benzene rings is 1. The number of aryl methyl sites for hydroxylation is 1. The Morgan fingerprint density at radius 1 is 1.27 bits per heavy atom. The highest BCUT2D eigenvalue weighted by Gasteiger charge is 2.29. The second-order valence-corrected chi connectivity index (χ2v) is 5.69. The molecule has 0 bridgehead atoms. The lowest BCUT2D eigenvalue weighted by Gasteiger charge is -2.19. The molecule has 0 aliphatic rings. The van der Waals surface area contributed by atoms with E-state index in [4.69, 9.17) is 19.5 Å². The van der Waals surface area contributed by atoms with E-state index < -0.39 is 30.9 Å². The van der Waals surface area contributed by atoms with Gasteiger partial charge in [0.15, 0.2) is 0 Å². The van der Waals surface area contributed by atoms with Crippen molar-refractivity contribution in [1.29, 1.82) is 5.26 Å². The molecule has 3 atom stereocenters. The highest BCUT2D eigenvalue weighted by molar-refractivity contribution is 5.90. The molecular formula is C18H19NO7. The van der Waals surface area contributed by atoms with Crippen LogP contribution in [0.5, 0.6) is 0 Å². The lowest BCUT2D eigenvalue weighted by atomic mass is 10.1. The van der Waals surface area contributed by atoms with Crippen molar-refractivity contribution in [2.75, 3.05) is 6.61 Å². The molecule has 8 heteroatoms. The molecule has 0 aliphatic carbocycles. The van der Waals surface area contributed by atoms with Gasteiger partial charge < -0.3 is 29.6 Å². The number of carbonyl (C=O) groups is 1. The summed E-state index contributed by atoms with van der Waals surface area (Å²) in [5.41, 5.74) is 1.26. The van der Waals surface area contributed by atoms with Crippen LogP contribution < -0.4 is 0 Å². The quantitative estimate of drug-likeness (QED) is 0.524. The first-order valence-electron chi connectivity index (χ1n) is 7.79. The number of aliphatic hydroxyl groups excluding tert-OH is 4. The SMILES string of the molecule is Cc1oc([C@@H](O)[C@@H](O)[C@H](O)CO)cc1C(=O)OCc1ccc(C#N)cc1. The Balaban J connectivity index is 2.05. The third-order valence-corrected chi connectivity index (χ3v) is 3.81. The summed E-state index contributed by atoms with van der Waals surface area (Å²) in [5, 5.41) is 46.6. The first kappa shape index (κ1) is 19.6. The Morgan fingerprint density at radius 3 is 2.50 bits per heavy atom. The van der Waals surface area contributed by atoms with Crippen molar-refractivity contribution in [3.63, 3.8) is 0 Å². The number of furan rings is 1. The molecule has 0 unspecified atom stereocenters. The van der Waals surface area contributed by atoms with Crippen molar-refractivity contribution in [3.05, 3.63) is 58.5 Å². The second-order valence-electron chi connectivity index (χ2n) is 5.69. The van der Waals surface area contributed by atoms with Crippen molar-refractivity contribution in [3.8, 4) is 6.07 Å². The van der Waals surface area contributed by atoms with Gasteiger partial charge in [0, 0.05) is 0 Å². The van der Waals surface area contributed by atoms with Crippen LogP contribution in [0.15, 0.2) is 34.7 Å². The number of hydrogen-bond donors (Lipinski definition) is 4. The van der Waals surface area contributed by atoms with Crippen LogP contribution in [0, 0.1) is 18.3 Å². The van der Waals surface area contributed by atoms with Gasteiger partial charge in [-0.25, -0.2) is 4.79 Å². The highest BCUT2D eigenvalue weighted by Crippen LogP contribution is 2.25. The molecule has 8 nitrogen and oxygen atoms in total. The largest absolute Gasteiger partial charge is 0.463 e. The summed E-state index contributed by atoms with van der Waals surface area (Å²) in [6.07, 6.45) is -4.84. The van der Waals surface area contributed by atoms with E-state index in [0.717, 1.165) is 0 Å². The van der Waals surface area contributed by atoms with E-state index in [2.05, 4.69) is 0 Å². The maximum absolute atomic E-state index is 12.2. The fraction of sp³-hybridized carbons (Fsp3) is 0.333. The van der Waals surface area contributed by atoms with Gasteiger partial charge in [-0.2, -0.15) is 5.26 Å². The van der Waals surface area contributed by atoms with Crippen LogP contribution >= 0.6 is 0 Å². The molecule has 138 valence electrons. The van der Waals surface area contributed by atoms with E-state index in [1.807, 2.05) is 6.07 Å². The molecule has 0 amide bonds. The zero-order chi connectivity index (χ0) is 19.3. The number of nitrogens with zero attached hydrogens (tertiary/aromatic N) is 1. The molecule has 1 aromatic heterocycles. The normalized spacial score (nSPS) is 14.3. The number of esters is 1. The number of hydrogen-bond acceptors (Lipinski definition) is 8. The predicted molar refractivity (Wildman–Crippen MR) is 87.8 cm³/mol. The smallest absolute Gasteiger partial charge is 0.342 e. The van der Waals surface area contributed by atoms with Crippen LogP contribution in [0.3, 0.4) is 0 Å². The number of aliphatic hydroxyl groups is 4. The van der Waals surface area contributed by atoms with Crippen molar-refractivity contribution in [1.82, 2.24) is 0 Å². The fourth-order valence-corrected chi connectivity index (χ4v) is 2.24. The molecule has 0 saturated heterocycles. The number of carbonyl (C=O) groups excluding carboxylic acids is 1. The third-order valence-electron chi connectivity index (χ3n) is 3.81. The molecule has 4 N–H and O–H groups in total. The Morgan fingerprint density at radius 2 is 1.92 bits per heavy atom. The van der Waals surface area contributed by atoms with E-state index in [1.165, 1.54) is 13.0 Å². The Bertz CT molecular complexity index is 791. The van der Waals surface area contributed by atoms with E-state index in [1.54, 1.807) is 24.3 Å². The van der Waals surface area contributed by atoms with E-state index >= 15 is 0 Å². The summed E-state index contributed by atoms with van der Waals surface area (Å²) in [6.45, 7) is 0.736. The Labute approximate surface area is 149 Å². The first-order chi connectivity index (χ1) is 12.4. The van der Waals surface area contributed by atoms with Gasteiger partial charge >= 0.3 is 5.97 Å². The Hall–Kier alpha value is -2.70. The predicted octanol–water partition coefficient (Wildman–Crippen LogP) is 0.564. The van der Waals surface area contributed by atoms with Crippen LogP contribution in [0.2, 0.25) is 0 Å². The zero-order valence-corrected chi connectivity index (χ0v) is 14.0. The highest BCUT2D eigenvalue weighted by atomic mass is 16.5. The standard InChI is InChI=1S/C18H19NO7/c1-10-13(6-15(26-10)17(23)16(22)14(21)8-20)18(24)25-9-12-4-2-11(7-19)3-5-12/h2-6,14,16-17,20-23H,8-9H2,1H3/t14-,16+,17-/m1/s1. The summed E-state index contributed by atoms with van der Waals surface area (Å²) >= 11 is 0. The van der Waals surface area contributed by atoms with Crippen LogP contribution in [0.4, 0.5) is 0 Å². The van der Waals surface area contributed by atoms with E-state index in [0.29, 0.717) is 11.1 Å². The van der Waals surface area contributed by atoms with E-state index in [-0.39, 0.29) is 23.7 Å². The van der Waals surface area contributed by atoms with Crippen molar-refractivity contribution >= 4 is 5.97 Å². The van der Waals surface area contributed by atoms with Gasteiger partial charge in [0.25, 0.3) is 0 Å². The van der Waals surface area contributed by atoms with Crippen LogP contribution in [0.1, 0.15) is 39.1 Å². The summed E-state index contributed by atoms with van der Waals surface area (Å²) in [4.78, 5) is 12.2. The topological polar surface area (TPSA) is 144 Å². The minimum Gasteiger partial charge on any atom is -0.463 e. The molecule has 1 aromatic carbocycles. The first-order valence-corrected chi connectivity index (χ1v) is 7.79. The number of ether oxygens (including phenoxy) is 1. The maximum atomic E-state index is 12.2. The van der Waals surface area contributed by atoms with Gasteiger partial charge in [-0.15, -0.1) is 0 Å². The second kappa shape index (κ2) is 8.60. The van der Waals surface area contributed by atoms with E-state index in [9.17, 15) is 20.1 Å². The monoisotopic (exact) mass is 361 g/mol. The van der Waals surface area contributed by atoms with Gasteiger partial charge in [0.1, 0.15) is 42.0 Å². The molecular weight excluding hydrogens is 342 g/mol. The molecule has 2 aromatic rings.